The lowest BCUT2D eigenvalue weighted by atomic mass is 10.1. The summed E-state index contributed by atoms with van der Waals surface area (Å²) < 4.78 is 0. The van der Waals surface area contributed by atoms with Crippen LogP contribution in [0.25, 0.3) is 10.9 Å². The Balaban J connectivity index is 1.86. The Morgan fingerprint density at radius 2 is 2.24 bits per heavy atom. The third kappa shape index (κ3) is 2.94. The van der Waals surface area contributed by atoms with E-state index in [1.165, 1.54) is 0 Å². The van der Waals surface area contributed by atoms with E-state index in [0.717, 1.165) is 30.2 Å². The number of nitriles is 1. The molecule has 1 aliphatic carbocycles. The van der Waals surface area contributed by atoms with Crippen LogP contribution in [0.2, 0.25) is 5.02 Å². The average molecular weight is 302 g/mol. The number of pyridine rings is 1. The zero-order valence-corrected chi connectivity index (χ0v) is 12.3. The highest BCUT2D eigenvalue weighted by Crippen LogP contribution is 2.27. The molecule has 0 aliphatic heterocycles. The molecule has 0 saturated heterocycles. The molecule has 1 aromatic carbocycles. The summed E-state index contributed by atoms with van der Waals surface area (Å²) >= 11 is 5.97. The Kier molecular flexibility index (Phi) is 3.96. The summed E-state index contributed by atoms with van der Waals surface area (Å²) in [5.74, 6) is 0.929. The van der Waals surface area contributed by atoms with Gasteiger partial charge in [0.05, 0.1) is 23.3 Å². The highest BCUT2D eigenvalue weighted by molar-refractivity contribution is 6.31. The lowest BCUT2D eigenvalue weighted by molar-refractivity contribution is 0.138. The Bertz CT molecular complexity index is 710. The van der Waals surface area contributed by atoms with Gasteiger partial charge >= 0.3 is 0 Å². The quantitative estimate of drug-likeness (QED) is 0.912. The van der Waals surface area contributed by atoms with Crippen LogP contribution in [0.15, 0.2) is 24.3 Å². The first-order valence-electron chi connectivity index (χ1n) is 7.10. The van der Waals surface area contributed by atoms with Crippen molar-refractivity contribution < 1.29 is 5.11 Å². The van der Waals surface area contributed by atoms with Gasteiger partial charge in [-0.2, -0.15) is 5.26 Å². The number of hydrogen-bond donors (Lipinski definition) is 2. The third-order valence-corrected chi connectivity index (χ3v) is 4.29. The van der Waals surface area contributed by atoms with Crippen LogP contribution in [0.5, 0.6) is 0 Å². The van der Waals surface area contributed by atoms with E-state index < -0.39 is 0 Å². The summed E-state index contributed by atoms with van der Waals surface area (Å²) in [5.41, 5.74) is 1.30. The van der Waals surface area contributed by atoms with E-state index in [4.69, 9.17) is 11.6 Å². The first kappa shape index (κ1) is 14.1. The van der Waals surface area contributed by atoms with Gasteiger partial charge < -0.3 is 10.4 Å². The lowest BCUT2D eigenvalue weighted by Gasteiger charge is -2.16. The SMILES string of the molecule is N#Cc1cc(NCC2CCCC2O)nc2ccc(Cl)cc12. The van der Waals surface area contributed by atoms with Crippen LogP contribution >= 0.6 is 11.6 Å². The molecule has 1 heterocycles. The Hall–Kier alpha value is -1.83. The number of benzene rings is 1. The molecule has 2 N–H and O–H groups in total. The zero-order chi connectivity index (χ0) is 14.8. The number of aliphatic hydroxyl groups is 1. The average Bonchev–Trinajstić information content (AvgIpc) is 2.89. The number of aliphatic hydroxyl groups excluding tert-OH is 1. The molecular formula is C16H16ClN3O. The second kappa shape index (κ2) is 5.88. The second-order valence-corrected chi connectivity index (χ2v) is 5.90. The standard InChI is InChI=1S/C16H16ClN3O/c17-12-4-5-14-13(7-12)11(8-18)6-16(20-14)19-9-10-2-1-3-15(10)21/h4-7,10,15,21H,1-3,9H2,(H,19,20). The van der Waals surface area contributed by atoms with Crippen molar-refractivity contribution in [3.8, 4) is 6.07 Å². The molecule has 1 aromatic heterocycles. The van der Waals surface area contributed by atoms with E-state index in [-0.39, 0.29) is 12.0 Å². The van der Waals surface area contributed by atoms with Gasteiger partial charge in [0, 0.05) is 22.9 Å². The van der Waals surface area contributed by atoms with Crippen LogP contribution in [0.3, 0.4) is 0 Å². The third-order valence-electron chi connectivity index (χ3n) is 4.06. The summed E-state index contributed by atoms with van der Waals surface area (Å²) in [5, 5.41) is 23.7. The number of nitrogens with one attached hydrogen (secondary N) is 1. The summed E-state index contributed by atoms with van der Waals surface area (Å²) in [6.07, 6.45) is 2.75. The highest BCUT2D eigenvalue weighted by atomic mass is 35.5. The lowest BCUT2D eigenvalue weighted by Crippen LogP contribution is -2.22. The second-order valence-electron chi connectivity index (χ2n) is 5.47. The van der Waals surface area contributed by atoms with Gasteiger partial charge in [-0.3, -0.25) is 0 Å². The maximum atomic E-state index is 9.84. The first-order valence-corrected chi connectivity index (χ1v) is 7.47. The first-order chi connectivity index (χ1) is 10.2. The predicted molar refractivity (Wildman–Crippen MR) is 83.3 cm³/mol. The molecule has 1 fully saturated rings. The van der Waals surface area contributed by atoms with Gasteiger partial charge in [-0.05, 0) is 37.1 Å². The predicted octanol–water partition coefficient (Wildman–Crippen LogP) is 3.33. The van der Waals surface area contributed by atoms with E-state index in [2.05, 4.69) is 16.4 Å². The van der Waals surface area contributed by atoms with Crippen LogP contribution in [0.4, 0.5) is 5.82 Å². The van der Waals surface area contributed by atoms with Crippen molar-refractivity contribution >= 4 is 28.3 Å². The van der Waals surface area contributed by atoms with Crippen LogP contribution in [0.1, 0.15) is 24.8 Å². The van der Waals surface area contributed by atoms with Crippen molar-refractivity contribution in [1.29, 1.82) is 5.26 Å². The van der Waals surface area contributed by atoms with Crippen LogP contribution < -0.4 is 5.32 Å². The van der Waals surface area contributed by atoms with E-state index in [1.807, 2.05) is 6.07 Å². The molecule has 0 bridgehead atoms. The minimum Gasteiger partial charge on any atom is -0.393 e. The van der Waals surface area contributed by atoms with E-state index in [9.17, 15) is 10.4 Å². The van der Waals surface area contributed by atoms with Gasteiger partial charge in [0.15, 0.2) is 0 Å². The van der Waals surface area contributed by atoms with Crippen LogP contribution in [-0.2, 0) is 0 Å². The Morgan fingerprint density at radius 1 is 1.38 bits per heavy atom. The van der Waals surface area contributed by atoms with Crippen molar-refractivity contribution in [3.05, 3.63) is 34.9 Å². The van der Waals surface area contributed by atoms with Crippen LogP contribution in [0, 0.1) is 17.2 Å². The largest absolute Gasteiger partial charge is 0.393 e. The van der Waals surface area contributed by atoms with E-state index in [1.54, 1.807) is 18.2 Å². The number of hydrogen-bond acceptors (Lipinski definition) is 4. The molecule has 2 atom stereocenters. The number of fused-ring (bicyclic) bond motifs is 1. The topological polar surface area (TPSA) is 68.9 Å². The minimum atomic E-state index is -0.229. The van der Waals surface area contributed by atoms with Gasteiger partial charge in [0.1, 0.15) is 5.82 Å². The summed E-state index contributed by atoms with van der Waals surface area (Å²) in [7, 11) is 0. The normalized spacial score (nSPS) is 21.4. The van der Waals surface area contributed by atoms with Crippen molar-refractivity contribution in [2.75, 3.05) is 11.9 Å². The molecule has 2 aromatic rings. The van der Waals surface area contributed by atoms with Crippen LogP contribution in [-0.4, -0.2) is 22.7 Å². The van der Waals surface area contributed by atoms with Gasteiger partial charge in [-0.15, -0.1) is 0 Å². The molecular weight excluding hydrogens is 286 g/mol. The Labute approximate surface area is 128 Å². The van der Waals surface area contributed by atoms with Crippen molar-refractivity contribution in [2.24, 2.45) is 5.92 Å². The van der Waals surface area contributed by atoms with E-state index in [0.29, 0.717) is 22.9 Å². The fraction of sp³-hybridized carbons (Fsp3) is 0.375. The minimum absolute atomic E-state index is 0.229. The van der Waals surface area contributed by atoms with Gasteiger partial charge in [0.25, 0.3) is 0 Å². The summed E-state index contributed by atoms with van der Waals surface area (Å²) in [4.78, 5) is 4.51. The smallest absolute Gasteiger partial charge is 0.127 e. The van der Waals surface area contributed by atoms with E-state index >= 15 is 0 Å². The maximum Gasteiger partial charge on any atom is 0.127 e. The monoisotopic (exact) mass is 301 g/mol. The van der Waals surface area contributed by atoms with Gasteiger partial charge in [-0.1, -0.05) is 18.0 Å². The molecule has 3 rings (SSSR count). The van der Waals surface area contributed by atoms with Crippen molar-refractivity contribution in [1.82, 2.24) is 4.98 Å². The molecule has 0 amide bonds. The fourth-order valence-electron chi connectivity index (χ4n) is 2.87. The Morgan fingerprint density at radius 3 is 2.95 bits per heavy atom. The molecule has 1 saturated carbocycles. The fourth-order valence-corrected chi connectivity index (χ4v) is 3.04. The number of anilines is 1. The molecule has 21 heavy (non-hydrogen) atoms. The molecule has 1 aliphatic rings. The molecule has 108 valence electrons. The highest BCUT2D eigenvalue weighted by Gasteiger charge is 2.24. The molecule has 2 unspecified atom stereocenters. The number of nitrogens with zero attached hydrogens (tertiary/aromatic N) is 2. The zero-order valence-electron chi connectivity index (χ0n) is 11.5. The molecule has 0 radical (unpaired) electrons. The maximum absolute atomic E-state index is 9.84. The van der Waals surface area contributed by atoms with Gasteiger partial charge in [-0.25, -0.2) is 4.98 Å². The number of halogens is 1. The molecule has 0 spiro atoms. The summed E-state index contributed by atoms with van der Waals surface area (Å²) in [6.45, 7) is 0.679. The summed E-state index contributed by atoms with van der Waals surface area (Å²) in [6, 6.07) is 9.26. The number of aromatic nitrogens is 1. The molecule has 5 heteroatoms. The van der Waals surface area contributed by atoms with Gasteiger partial charge in [0.2, 0.25) is 0 Å². The molecule has 4 nitrogen and oxygen atoms in total. The number of rotatable bonds is 3. The van der Waals surface area contributed by atoms with Crippen molar-refractivity contribution in [3.63, 3.8) is 0 Å². The van der Waals surface area contributed by atoms with Crippen molar-refractivity contribution in [2.45, 2.75) is 25.4 Å².